The lowest BCUT2D eigenvalue weighted by molar-refractivity contribution is -0.118. The van der Waals surface area contributed by atoms with Crippen molar-refractivity contribution in [2.24, 2.45) is 0 Å². The Balaban J connectivity index is 1.24. The summed E-state index contributed by atoms with van der Waals surface area (Å²) in [5.74, 6) is 1.01. The number of para-hydroxylation sites is 1. The van der Waals surface area contributed by atoms with Gasteiger partial charge in [-0.1, -0.05) is 53.8 Å². The van der Waals surface area contributed by atoms with Crippen molar-refractivity contribution in [1.82, 2.24) is 14.6 Å². The average Bonchev–Trinajstić information content (AvgIpc) is 3.36. The molecule has 0 atom stereocenters. The summed E-state index contributed by atoms with van der Waals surface area (Å²) in [6.07, 6.45) is 2.66. The van der Waals surface area contributed by atoms with Crippen molar-refractivity contribution in [2.75, 3.05) is 11.9 Å². The third kappa shape index (κ3) is 3.61. The van der Waals surface area contributed by atoms with Gasteiger partial charge in [0.25, 0.3) is 5.91 Å². The number of amides is 1. The first-order valence-corrected chi connectivity index (χ1v) is 10.4. The molecule has 0 saturated heterocycles. The van der Waals surface area contributed by atoms with Crippen LogP contribution >= 0.6 is 11.3 Å². The van der Waals surface area contributed by atoms with Crippen molar-refractivity contribution < 1.29 is 14.3 Å². The summed E-state index contributed by atoms with van der Waals surface area (Å²) >= 11 is 1.31. The van der Waals surface area contributed by atoms with Crippen LogP contribution in [-0.2, 0) is 11.2 Å². The largest absolute Gasteiger partial charge is 0.483 e. The Morgan fingerprint density at radius 3 is 2.87 bits per heavy atom. The number of hydrogen-bond donors (Lipinski definition) is 1. The molecule has 8 heteroatoms. The van der Waals surface area contributed by atoms with Crippen molar-refractivity contribution in [1.29, 1.82) is 0 Å². The van der Waals surface area contributed by atoms with Gasteiger partial charge in [0.1, 0.15) is 5.60 Å². The third-order valence-electron chi connectivity index (χ3n) is 4.77. The van der Waals surface area contributed by atoms with E-state index in [2.05, 4.69) is 15.4 Å². The van der Waals surface area contributed by atoms with Crippen LogP contribution in [0.2, 0.25) is 0 Å². The van der Waals surface area contributed by atoms with Gasteiger partial charge in [0.15, 0.2) is 18.1 Å². The van der Waals surface area contributed by atoms with E-state index >= 15 is 0 Å². The van der Waals surface area contributed by atoms with E-state index in [-0.39, 0.29) is 18.1 Å². The third-order valence-corrected chi connectivity index (χ3v) is 5.61. The van der Waals surface area contributed by atoms with Gasteiger partial charge < -0.3 is 9.47 Å². The van der Waals surface area contributed by atoms with Gasteiger partial charge >= 0.3 is 0 Å². The zero-order chi connectivity index (χ0) is 20.7. The Morgan fingerprint density at radius 2 is 2.07 bits per heavy atom. The second kappa shape index (κ2) is 7.14. The number of aromatic nitrogens is 3. The van der Waals surface area contributed by atoms with Crippen molar-refractivity contribution in [3.8, 4) is 22.8 Å². The van der Waals surface area contributed by atoms with Crippen molar-refractivity contribution in [3.05, 3.63) is 60.3 Å². The average molecular weight is 420 g/mol. The second-order valence-corrected chi connectivity index (χ2v) is 8.70. The maximum Gasteiger partial charge on any atom is 0.264 e. The van der Waals surface area contributed by atoms with E-state index < -0.39 is 0 Å². The smallest absolute Gasteiger partial charge is 0.264 e. The molecule has 1 amide bonds. The number of ether oxygens (including phenoxy) is 2. The maximum absolute atomic E-state index is 12.4. The van der Waals surface area contributed by atoms with E-state index in [1.54, 1.807) is 4.52 Å². The summed E-state index contributed by atoms with van der Waals surface area (Å²) in [5, 5.41) is 7.64. The van der Waals surface area contributed by atoms with Crippen LogP contribution in [0.4, 0.5) is 5.13 Å². The molecule has 0 fully saturated rings. The molecule has 152 valence electrons. The molecule has 0 spiro atoms. The van der Waals surface area contributed by atoms with Crippen LogP contribution in [0.5, 0.6) is 11.5 Å². The zero-order valence-electron chi connectivity index (χ0n) is 16.6. The van der Waals surface area contributed by atoms with Crippen LogP contribution in [-0.4, -0.2) is 32.7 Å². The number of fused-ring (bicyclic) bond motifs is 2. The molecule has 5 rings (SSSR count). The van der Waals surface area contributed by atoms with Gasteiger partial charge in [-0.3, -0.25) is 10.1 Å². The number of nitrogens with one attached hydrogen (secondary N) is 1. The molecule has 0 unspecified atom stereocenters. The summed E-state index contributed by atoms with van der Waals surface area (Å²) in [7, 11) is 0. The summed E-state index contributed by atoms with van der Waals surface area (Å²) < 4.78 is 13.4. The van der Waals surface area contributed by atoms with Gasteiger partial charge in [-0.2, -0.15) is 0 Å². The lowest BCUT2D eigenvalue weighted by Gasteiger charge is -2.18. The molecule has 0 saturated carbocycles. The Morgan fingerprint density at radius 1 is 1.23 bits per heavy atom. The summed E-state index contributed by atoms with van der Waals surface area (Å²) in [6.45, 7) is 3.94. The Labute approximate surface area is 177 Å². The lowest BCUT2D eigenvalue weighted by atomic mass is 10.0. The van der Waals surface area contributed by atoms with Crippen LogP contribution in [0.25, 0.3) is 16.2 Å². The zero-order valence-corrected chi connectivity index (χ0v) is 17.4. The fourth-order valence-electron chi connectivity index (χ4n) is 3.50. The highest BCUT2D eigenvalue weighted by Crippen LogP contribution is 2.41. The molecule has 2 aromatic carbocycles. The predicted molar refractivity (Wildman–Crippen MR) is 115 cm³/mol. The van der Waals surface area contributed by atoms with Crippen molar-refractivity contribution in [2.45, 2.75) is 25.9 Å². The number of carbonyl (C=O) groups excluding carboxylic acids is 1. The van der Waals surface area contributed by atoms with E-state index in [1.807, 2.05) is 68.6 Å². The van der Waals surface area contributed by atoms with Crippen LogP contribution in [0.1, 0.15) is 19.4 Å². The first kappa shape index (κ1) is 18.6. The summed E-state index contributed by atoms with van der Waals surface area (Å²) in [4.78, 5) is 17.6. The number of nitrogens with zero attached hydrogens (tertiary/aromatic N) is 3. The van der Waals surface area contributed by atoms with Gasteiger partial charge in [0.05, 0.1) is 11.9 Å². The van der Waals surface area contributed by atoms with Gasteiger partial charge in [0.2, 0.25) is 10.1 Å². The van der Waals surface area contributed by atoms with Crippen molar-refractivity contribution in [3.63, 3.8) is 0 Å². The minimum Gasteiger partial charge on any atom is -0.483 e. The van der Waals surface area contributed by atoms with Gasteiger partial charge in [-0.15, -0.1) is 5.10 Å². The number of carbonyl (C=O) groups is 1. The molecule has 1 aliphatic heterocycles. The highest BCUT2D eigenvalue weighted by molar-refractivity contribution is 7.20. The van der Waals surface area contributed by atoms with Crippen LogP contribution in [0.15, 0.2) is 54.7 Å². The first-order valence-electron chi connectivity index (χ1n) is 9.62. The molecule has 0 bridgehead atoms. The van der Waals surface area contributed by atoms with E-state index in [1.165, 1.54) is 11.3 Å². The standard InChI is InChI=1S/C22H20N4O3S/c1-22(2)11-15-9-6-10-17(19(15)29-22)28-13-18(27)24-20-25-26-12-16(23-21(26)30-20)14-7-4-3-5-8-14/h3-10,12H,11,13H2,1-2H3,(H,24,25,27). The normalized spacial score (nSPS) is 14.3. The molecular weight excluding hydrogens is 400 g/mol. The SMILES string of the molecule is CC1(C)Cc2cccc(OCC(=O)Nc3nn4cc(-c5ccccc5)nc4s3)c2O1. The number of imidazole rings is 1. The first-order chi connectivity index (χ1) is 14.5. The Kier molecular flexibility index (Phi) is 4.43. The monoisotopic (exact) mass is 420 g/mol. The molecule has 4 aromatic rings. The predicted octanol–water partition coefficient (Wildman–Crippen LogP) is 4.19. The van der Waals surface area contributed by atoms with Gasteiger partial charge in [0, 0.05) is 17.5 Å². The summed E-state index contributed by atoms with van der Waals surface area (Å²) in [6, 6.07) is 15.6. The molecule has 0 aliphatic carbocycles. The number of rotatable bonds is 5. The van der Waals surface area contributed by atoms with E-state index in [0.717, 1.165) is 29.0 Å². The molecule has 0 radical (unpaired) electrons. The highest BCUT2D eigenvalue weighted by Gasteiger charge is 2.32. The van der Waals surface area contributed by atoms with Crippen LogP contribution in [0.3, 0.4) is 0 Å². The van der Waals surface area contributed by atoms with E-state index in [0.29, 0.717) is 15.8 Å². The molecular formula is C22H20N4O3S. The highest BCUT2D eigenvalue weighted by atomic mass is 32.1. The molecule has 2 aromatic heterocycles. The van der Waals surface area contributed by atoms with Gasteiger partial charge in [-0.05, 0) is 19.9 Å². The van der Waals surface area contributed by atoms with Crippen LogP contribution in [0, 0.1) is 0 Å². The quantitative estimate of drug-likeness (QED) is 0.524. The molecule has 30 heavy (non-hydrogen) atoms. The topological polar surface area (TPSA) is 77.8 Å². The number of anilines is 1. The fraction of sp³-hybridized carbons (Fsp3) is 0.227. The minimum absolute atomic E-state index is 0.128. The lowest BCUT2D eigenvalue weighted by Crippen LogP contribution is -2.25. The minimum atomic E-state index is -0.287. The number of hydrogen-bond acceptors (Lipinski definition) is 6. The molecule has 1 N–H and O–H groups in total. The molecule has 7 nitrogen and oxygen atoms in total. The summed E-state index contributed by atoms with van der Waals surface area (Å²) in [5.41, 5.74) is 2.69. The van der Waals surface area contributed by atoms with Crippen molar-refractivity contribution >= 4 is 27.3 Å². The van der Waals surface area contributed by atoms with Gasteiger partial charge in [-0.25, -0.2) is 9.50 Å². The van der Waals surface area contributed by atoms with Crippen LogP contribution < -0.4 is 14.8 Å². The Bertz CT molecular complexity index is 1200. The number of benzene rings is 2. The Hall–Kier alpha value is -3.39. The molecule has 3 heterocycles. The second-order valence-electron chi connectivity index (χ2n) is 7.75. The van der Waals surface area contributed by atoms with E-state index in [4.69, 9.17) is 9.47 Å². The van der Waals surface area contributed by atoms with E-state index in [9.17, 15) is 4.79 Å². The fourth-order valence-corrected chi connectivity index (χ4v) is 4.30. The maximum atomic E-state index is 12.4. The molecule has 1 aliphatic rings.